The zero-order chi connectivity index (χ0) is 12.6. The molecule has 16 heavy (non-hydrogen) atoms. The molecule has 0 aromatic heterocycles. The summed E-state index contributed by atoms with van der Waals surface area (Å²) in [7, 11) is 0. The highest BCUT2D eigenvalue weighted by atomic mass is 16.4. The molecule has 0 bridgehead atoms. The van der Waals surface area contributed by atoms with Crippen LogP contribution in [0.1, 0.15) is 41.0 Å². The molecule has 0 radical (unpaired) electrons. The fourth-order valence-corrected chi connectivity index (χ4v) is 2.31. The first-order chi connectivity index (χ1) is 7.13. The summed E-state index contributed by atoms with van der Waals surface area (Å²) in [5.41, 5.74) is -0.297. The van der Waals surface area contributed by atoms with Crippen molar-refractivity contribution in [1.82, 2.24) is 4.90 Å². The molecule has 1 rings (SSSR count). The molecule has 0 aromatic carbocycles. The van der Waals surface area contributed by atoms with E-state index >= 15 is 0 Å². The van der Waals surface area contributed by atoms with Gasteiger partial charge in [0.05, 0.1) is 5.41 Å². The van der Waals surface area contributed by atoms with Crippen LogP contribution in [0.25, 0.3) is 0 Å². The second-order valence-corrected chi connectivity index (χ2v) is 6.78. The molecule has 1 fully saturated rings. The van der Waals surface area contributed by atoms with Crippen molar-refractivity contribution in [1.29, 1.82) is 0 Å². The molecule has 1 atom stereocenters. The monoisotopic (exact) mass is 227 g/mol. The van der Waals surface area contributed by atoms with Gasteiger partial charge in [0.25, 0.3) is 0 Å². The van der Waals surface area contributed by atoms with Crippen LogP contribution >= 0.6 is 0 Å². The van der Waals surface area contributed by atoms with Gasteiger partial charge in [0.2, 0.25) is 0 Å². The zero-order valence-corrected chi connectivity index (χ0v) is 11.2. The van der Waals surface area contributed by atoms with Crippen molar-refractivity contribution in [3.05, 3.63) is 0 Å². The van der Waals surface area contributed by atoms with Crippen molar-refractivity contribution in [3.8, 4) is 0 Å². The van der Waals surface area contributed by atoms with Gasteiger partial charge >= 0.3 is 5.97 Å². The average Bonchev–Trinajstić information content (AvgIpc) is 2.50. The lowest BCUT2D eigenvalue weighted by Gasteiger charge is -2.29. The molecule has 1 N–H and O–H groups in total. The van der Waals surface area contributed by atoms with E-state index < -0.39 is 11.4 Å². The van der Waals surface area contributed by atoms with Gasteiger partial charge in [-0.2, -0.15) is 0 Å². The molecule has 1 aliphatic rings. The van der Waals surface area contributed by atoms with Gasteiger partial charge in [-0.05, 0) is 38.1 Å². The fourth-order valence-electron chi connectivity index (χ4n) is 2.31. The van der Waals surface area contributed by atoms with E-state index in [9.17, 15) is 4.79 Å². The number of aliphatic carboxylic acids is 1. The lowest BCUT2D eigenvalue weighted by molar-refractivity contribution is -0.147. The van der Waals surface area contributed by atoms with Crippen LogP contribution in [-0.4, -0.2) is 35.6 Å². The highest BCUT2D eigenvalue weighted by Crippen LogP contribution is 2.34. The van der Waals surface area contributed by atoms with Gasteiger partial charge in [-0.3, -0.25) is 4.79 Å². The van der Waals surface area contributed by atoms with E-state index in [1.165, 1.54) is 6.42 Å². The molecule has 3 nitrogen and oxygen atoms in total. The second-order valence-electron chi connectivity index (χ2n) is 6.78. The van der Waals surface area contributed by atoms with E-state index in [0.29, 0.717) is 17.9 Å². The third-order valence-corrected chi connectivity index (χ3v) is 3.69. The van der Waals surface area contributed by atoms with Gasteiger partial charge in [0.1, 0.15) is 0 Å². The van der Waals surface area contributed by atoms with Crippen molar-refractivity contribution in [2.75, 3.05) is 19.6 Å². The summed E-state index contributed by atoms with van der Waals surface area (Å²) in [6, 6.07) is 0. The van der Waals surface area contributed by atoms with Gasteiger partial charge in [-0.1, -0.05) is 20.8 Å². The van der Waals surface area contributed by atoms with Crippen LogP contribution in [0.3, 0.4) is 0 Å². The highest BCUT2D eigenvalue weighted by molar-refractivity contribution is 5.73. The minimum atomic E-state index is -0.702. The normalized spacial score (nSPS) is 23.7. The van der Waals surface area contributed by atoms with E-state index in [0.717, 1.165) is 13.1 Å². The van der Waals surface area contributed by atoms with Crippen molar-refractivity contribution in [2.24, 2.45) is 16.7 Å². The molecule has 0 aromatic rings. The van der Waals surface area contributed by atoms with Crippen LogP contribution in [0, 0.1) is 16.7 Å². The summed E-state index contributed by atoms with van der Waals surface area (Å²) in [6.07, 6.45) is 1.19. The Balaban J connectivity index is 2.52. The molecular weight excluding hydrogens is 202 g/mol. The predicted molar refractivity (Wildman–Crippen MR) is 65.4 cm³/mol. The Labute approximate surface area is 98.8 Å². The van der Waals surface area contributed by atoms with Crippen LogP contribution in [-0.2, 0) is 4.79 Å². The number of hydrogen-bond donors (Lipinski definition) is 1. The van der Waals surface area contributed by atoms with E-state index in [1.54, 1.807) is 13.8 Å². The second kappa shape index (κ2) is 4.36. The number of nitrogens with zero attached hydrogens (tertiary/aromatic N) is 1. The lowest BCUT2D eigenvalue weighted by atomic mass is 9.80. The Bertz CT molecular complexity index is 266. The van der Waals surface area contributed by atoms with E-state index in [2.05, 4.69) is 25.7 Å². The highest BCUT2D eigenvalue weighted by Gasteiger charge is 2.36. The maximum absolute atomic E-state index is 11.1. The smallest absolute Gasteiger partial charge is 0.310 e. The number of hydrogen-bond acceptors (Lipinski definition) is 2. The third kappa shape index (κ3) is 3.21. The summed E-state index contributed by atoms with van der Waals surface area (Å²) in [6.45, 7) is 13.2. The maximum Gasteiger partial charge on any atom is 0.310 e. The minimum absolute atomic E-state index is 0.335. The number of carbonyl (C=O) groups is 1. The number of carboxylic acid groups (broad SMARTS) is 1. The van der Waals surface area contributed by atoms with Crippen LogP contribution in [0.4, 0.5) is 0 Å². The Morgan fingerprint density at radius 2 is 1.88 bits per heavy atom. The molecule has 1 heterocycles. The molecule has 0 aliphatic carbocycles. The van der Waals surface area contributed by atoms with Gasteiger partial charge in [-0.15, -0.1) is 0 Å². The topological polar surface area (TPSA) is 40.5 Å². The average molecular weight is 227 g/mol. The molecule has 1 aliphatic heterocycles. The van der Waals surface area contributed by atoms with E-state index in [-0.39, 0.29) is 0 Å². The largest absolute Gasteiger partial charge is 0.481 e. The molecule has 1 unspecified atom stereocenters. The number of rotatable bonds is 3. The predicted octanol–water partition coefficient (Wildman–Crippen LogP) is 2.47. The number of likely N-dealkylation sites (tertiary alicyclic amines) is 1. The molecular formula is C13H25NO2. The third-order valence-electron chi connectivity index (χ3n) is 3.69. The van der Waals surface area contributed by atoms with Crippen molar-refractivity contribution in [2.45, 2.75) is 41.0 Å². The first kappa shape index (κ1) is 13.5. The van der Waals surface area contributed by atoms with Gasteiger partial charge in [-0.25, -0.2) is 0 Å². The van der Waals surface area contributed by atoms with Crippen LogP contribution in [0.2, 0.25) is 0 Å². The van der Waals surface area contributed by atoms with Crippen LogP contribution in [0.15, 0.2) is 0 Å². The minimum Gasteiger partial charge on any atom is -0.481 e. The lowest BCUT2D eigenvalue weighted by Crippen LogP contribution is -2.38. The summed E-state index contributed by atoms with van der Waals surface area (Å²) in [5, 5.41) is 9.10. The molecule has 0 spiro atoms. The summed E-state index contributed by atoms with van der Waals surface area (Å²) >= 11 is 0. The van der Waals surface area contributed by atoms with Crippen LogP contribution in [0.5, 0.6) is 0 Å². The van der Waals surface area contributed by atoms with E-state index in [1.807, 2.05) is 0 Å². The zero-order valence-electron chi connectivity index (χ0n) is 11.2. The maximum atomic E-state index is 11.1. The molecule has 3 heteroatoms. The quantitative estimate of drug-likeness (QED) is 0.805. The Hall–Kier alpha value is -0.570. The van der Waals surface area contributed by atoms with Gasteiger partial charge in [0, 0.05) is 13.1 Å². The van der Waals surface area contributed by atoms with Crippen LogP contribution < -0.4 is 0 Å². The standard InChI is InChI=1S/C13H25NO2/c1-12(2,3)10-6-7-14(8-10)9-13(4,5)11(15)16/h10H,6-9H2,1-5H3,(H,15,16). The van der Waals surface area contributed by atoms with Gasteiger partial charge in [0.15, 0.2) is 0 Å². The Morgan fingerprint density at radius 3 is 2.25 bits per heavy atom. The van der Waals surface area contributed by atoms with Crippen molar-refractivity contribution >= 4 is 5.97 Å². The molecule has 0 saturated carbocycles. The SMILES string of the molecule is CC(C)(CN1CCC(C(C)(C)C)C1)C(=O)O. The Kier molecular flexibility index (Phi) is 3.68. The molecule has 0 amide bonds. The summed E-state index contributed by atoms with van der Waals surface area (Å²) < 4.78 is 0. The fraction of sp³-hybridized carbons (Fsp3) is 0.923. The van der Waals surface area contributed by atoms with Crippen molar-refractivity contribution < 1.29 is 9.90 Å². The van der Waals surface area contributed by atoms with Crippen molar-refractivity contribution in [3.63, 3.8) is 0 Å². The number of carboxylic acids is 1. The summed E-state index contributed by atoms with van der Waals surface area (Å²) in [5.74, 6) is -0.0104. The first-order valence-corrected chi connectivity index (χ1v) is 6.09. The first-order valence-electron chi connectivity index (χ1n) is 6.09. The Morgan fingerprint density at radius 1 is 1.31 bits per heavy atom. The molecule has 1 saturated heterocycles. The van der Waals surface area contributed by atoms with E-state index in [4.69, 9.17) is 5.11 Å². The summed E-state index contributed by atoms with van der Waals surface area (Å²) in [4.78, 5) is 13.4. The molecule has 94 valence electrons. The van der Waals surface area contributed by atoms with Gasteiger partial charge < -0.3 is 10.0 Å².